The van der Waals surface area contributed by atoms with Crippen molar-refractivity contribution in [3.8, 4) is 0 Å². The molecule has 1 aromatic heterocycles. The van der Waals surface area contributed by atoms with E-state index in [9.17, 15) is 9.90 Å². The molecule has 0 amide bonds. The summed E-state index contributed by atoms with van der Waals surface area (Å²) in [5.41, 5.74) is 0.893. The van der Waals surface area contributed by atoms with Crippen molar-refractivity contribution in [1.82, 2.24) is 4.98 Å². The largest absolute Gasteiger partial charge is 0.360 e. The molecule has 0 spiro atoms. The van der Waals surface area contributed by atoms with Gasteiger partial charge in [-0.15, -0.1) is 0 Å². The fourth-order valence-corrected chi connectivity index (χ4v) is 2.32. The molecule has 1 aliphatic heterocycles. The monoisotopic (exact) mass is 235 g/mol. The van der Waals surface area contributed by atoms with Gasteiger partial charge in [-0.05, 0) is 31.0 Å². The van der Waals surface area contributed by atoms with Crippen LogP contribution in [0.25, 0.3) is 0 Å². The number of carbonyl (C=O) groups is 1. The lowest BCUT2D eigenvalue weighted by Crippen LogP contribution is -2.33. The smallest absolute Gasteiger partial charge is 0.224 e. The average Bonchev–Trinajstić information content (AvgIpc) is 2.55. The quantitative estimate of drug-likeness (QED) is 0.868. The second-order valence-corrected chi connectivity index (χ2v) is 4.56. The van der Waals surface area contributed by atoms with Crippen LogP contribution < -0.4 is 0 Å². The fraction of sp³-hybridized carbons (Fsp3) is 0.538. The van der Waals surface area contributed by atoms with Crippen molar-refractivity contribution in [2.75, 3.05) is 0 Å². The zero-order valence-electron chi connectivity index (χ0n) is 10.1. The summed E-state index contributed by atoms with van der Waals surface area (Å²) in [5, 5.41) is 9.90. The van der Waals surface area contributed by atoms with Crippen LogP contribution in [0.1, 0.15) is 38.4 Å². The Morgan fingerprint density at radius 3 is 2.71 bits per heavy atom. The summed E-state index contributed by atoms with van der Waals surface area (Å²) in [4.78, 5) is 16.0. The third-order valence-electron chi connectivity index (χ3n) is 3.15. The van der Waals surface area contributed by atoms with Crippen LogP contribution in [0.15, 0.2) is 24.5 Å². The maximum Gasteiger partial charge on any atom is 0.224 e. The van der Waals surface area contributed by atoms with Crippen molar-refractivity contribution in [2.24, 2.45) is 5.92 Å². The molecule has 4 heteroatoms. The summed E-state index contributed by atoms with van der Waals surface area (Å²) in [7, 11) is 0. The molecule has 2 heterocycles. The minimum absolute atomic E-state index is 0.221. The molecule has 0 aliphatic carbocycles. The van der Waals surface area contributed by atoms with Crippen molar-refractivity contribution < 1.29 is 14.6 Å². The number of hydrogen-bond donors (Lipinski definition) is 1. The Bertz CT molecular complexity index is 402. The van der Waals surface area contributed by atoms with Crippen LogP contribution in [0.4, 0.5) is 0 Å². The molecule has 2 rings (SSSR count). The molecule has 4 nitrogen and oxygen atoms in total. The van der Waals surface area contributed by atoms with Gasteiger partial charge in [-0.1, -0.05) is 13.3 Å². The minimum Gasteiger partial charge on any atom is -0.360 e. The highest BCUT2D eigenvalue weighted by Gasteiger charge is 2.50. The zero-order chi connectivity index (χ0) is 12.5. The van der Waals surface area contributed by atoms with E-state index in [1.54, 1.807) is 12.4 Å². The Morgan fingerprint density at radius 2 is 2.12 bits per heavy atom. The molecule has 1 aliphatic rings. The van der Waals surface area contributed by atoms with Crippen LogP contribution in [0.5, 0.6) is 0 Å². The highest BCUT2D eigenvalue weighted by Crippen LogP contribution is 2.41. The van der Waals surface area contributed by atoms with E-state index in [0.29, 0.717) is 0 Å². The number of carbonyl (C=O) groups excluding carboxylic acids is 1. The number of Topliss-reactive ketones (excluding diaryl/α,β-unsaturated/α-hetero) is 1. The van der Waals surface area contributed by atoms with E-state index >= 15 is 0 Å². The molecule has 1 unspecified atom stereocenters. The van der Waals surface area contributed by atoms with Crippen molar-refractivity contribution in [3.63, 3.8) is 0 Å². The number of ether oxygens (including phenoxy) is 1. The normalized spacial score (nSPS) is 33.0. The van der Waals surface area contributed by atoms with Gasteiger partial charge in [0.25, 0.3) is 0 Å². The second kappa shape index (κ2) is 4.55. The number of aromatic nitrogens is 1. The molecule has 1 fully saturated rings. The molecule has 0 radical (unpaired) electrons. The molecule has 1 aromatic rings. The molecule has 1 N–H and O–H groups in total. The maximum atomic E-state index is 12.0. The van der Waals surface area contributed by atoms with Gasteiger partial charge in [0.15, 0.2) is 5.78 Å². The first-order chi connectivity index (χ1) is 8.06. The van der Waals surface area contributed by atoms with Gasteiger partial charge in [0.1, 0.15) is 0 Å². The van der Waals surface area contributed by atoms with E-state index in [0.717, 1.165) is 18.4 Å². The molecular formula is C13H17NO3. The third-order valence-corrected chi connectivity index (χ3v) is 3.15. The highest BCUT2D eigenvalue weighted by molar-refractivity contribution is 5.89. The molecular weight excluding hydrogens is 218 g/mol. The first-order valence-corrected chi connectivity index (χ1v) is 5.90. The number of ketones is 1. The van der Waals surface area contributed by atoms with Crippen LogP contribution in [0, 0.1) is 5.92 Å². The molecule has 0 aromatic carbocycles. The van der Waals surface area contributed by atoms with E-state index in [1.165, 1.54) is 6.92 Å². The van der Waals surface area contributed by atoms with Gasteiger partial charge in [0.05, 0.1) is 12.0 Å². The number of aliphatic hydroxyl groups is 1. The summed E-state index contributed by atoms with van der Waals surface area (Å²) < 4.78 is 5.49. The SMILES string of the molecule is CCC[C@@H]1C(=O)C(C)(O)O[C@H]1c1ccncc1. The van der Waals surface area contributed by atoms with E-state index in [2.05, 4.69) is 4.98 Å². The summed E-state index contributed by atoms with van der Waals surface area (Å²) >= 11 is 0. The second-order valence-electron chi connectivity index (χ2n) is 4.56. The summed E-state index contributed by atoms with van der Waals surface area (Å²) in [6.07, 6.45) is 4.58. The van der Waals surface area contributed by atoms with E-state index in [4.69, 9.17) is 4.74 Å². The Morgan fingerprint density at radius 1 is 1.47 bits per heavy atom. The Kier molecular flexibility index (Phi) is 3.26. The number of hydrogen-bond acceptors (Lipinski definition) is 4. The molecule has 0 saturated carbocycles. The van der Waals surface area contributed by atoms with Gasteiger partial charge >= 0.3 is 0 Å². The van der Waals surface area contributed by atoms with E-state index in [-0.39, 0.29) is 17.8 Å². The van der Waals surface area contributed by atoms with Gasteiger partial charge < -0.3 is 9.84 Å². The number of rotatable bonds is 3. The lowest BCUT2D eigenvalue weighted by molar-refractivity contribution is -0.186. The molecule has 92 valence electrons. The van der Waals surface area contributed by atoms with Crippen LogP contribution in [0.3, 0.4) is 0 Å². The Hall–Kier alpha value is -1.26. The lowest BCUT2D eigenvalue weighted by atomic mass is 9.89. The molecule has 1 saturated heterocycles. The van der Waals surface area contributed by atoms with E-state index < -0.39 is 5.79 Å². The third kappa shape index (κ3) is 2.23. The van der Waals surface area contributed by atoms with Crippen LogP contribution in [0.2, 0.25) is 0 Å². The predicted molar refractivity (Wildman–Crippen MR) is 62.1 cm³/mol. The molecule has 0 bridgehead atoms. The first kappa shape index (κ1) is 12.2. The van der Waals surface area contributed by atoms with Crippen LogP contribution in [-0.4, -0.2) is 21.7 Å². The predicted octanol–water partition coefficient (Wildman–Crippen LogP) is 1.85. The number of nitrogens with zero attached hydrogens (tertiary/aromatic N) is 1. The van der Waals surface area contributed by atoms with Crippen molar-refractivity contribution in [3.05, 3.63) is 30.1 Å². The lowest BCUT2D eigenvalue weighted by Gasteiger charge is -2.17. The summed E-state index contributed by atoms with van der Waals surface area (Å²) in [6, 6.07) is 3.64. The van der Waals surface area contributed by atoms with Crippen molar-refractivity contribution >= 4 is 5.78 Å². The fourth-order valence-electron chi connectivity index (χ4n) is 2.32. The highest BCUT2D eigenvalue weighted by atomic mass is 16.6. The number of pyridine rings is 1. The summed E-state index contributed by atoms with van der Waals surface area (Å²) in [6.45, 7) is 3.43. The van der Waals surface area contributed by atoms with Gasteiger partial charge in [0.2, 0.25) is 5.79 Å². The first-order valence-electron chi connectivity index (χ1n) is 5.90. The van der Waals surface area contributed by atoms with E-state index in [1.807, 2.05) is 19.1 Å². The maximum absolute atomic E-state index is 12.0. The van der Waals surface area contributed by atoms with Crippen molar-refractivity contribution in [1.29, 1.82) is 0 Å². The summed E-state index contributed by atoms with van der Waals surface area (Å²) in [5.74, 6) is -2.15. The van der Waals surface area contributed by atoms with Crippen LogP contribution in [-0.2, 0) is 9.53 Å². The molecule has 3 atom stereocenters. The minimum atomic E-state index is -1.66. The average molecular weight is 235 g/mol. The van der Waals surface area contributed by atoms with Gasteiger partial charge in [-0.25, -0.2) is 0 Å². The van der Waals surface area contributed by atoms with Crippen molar-refractivity contribution in [2.45, 2.75) is 38.6 Å². The van der Waals surface area contributed by atoms with Crippen LogP contribution >= 0.6 is 0 Å². The standard InChI is InChI=1S/C13H17NO3/c1-3-4-10-11(9-5-7-14-8-6-9)17-13(2,16)12(10)15/h5-8,10-11,16H,3-4H2,1-2H3/t10-,11-,13?/m0/s1. The zero-order valence-corrected chi connectivity index (χ0v) is 10.1. The van der Waals surface area contributed by atoms with Gasteiger partial charge in [-0.2, -0.15) is 0 Å². The Balaban J connectivity index is 2.30. The topological polar surface area (TPSA) is 59.4 Å². The van der Waals surface area contributed by atoms with Gasteiger partial charge in [-0.3, -0.25) is 9.78 Å². The van der Waals surface area contributed by atoms with Gasteiger partial charge in [0, 0.05) is 12.4 Å². The Labute approximate surface area is 101 Å². The molecule has 17 heavy (non-hydrogen) atoms.